The second kappa shape index (κ2) is 9.26. The van der Waals surface area contributed by atoms with E-state index < -0.39 is 0 Å². The third kappa shape index (κ3) is 4.51. The van der Waals surface area contributed by atoms with Crippen LogP contribution in [0, 0.1) is 5.92 Å². The summed E-state index contributed by atoms with van der Waals surface area (Å²) in [4.78, 5) is 28.7. The van der Waals surface area contributed by atoms with E-state index in [0.717, 1.165) is 27.6 Å². The Kier molecular flexibility index (Phi) is 6.25. The summed E-state index contributed by atoms with van der Waals surface area (Å²) >= 11 is 0. The topological polar surface area (TPSA) is 89.0 Å². The van der Waals surface area contributed by atoms with E-state index in [1.807, 2.05) is 56.4 Å². The normalized spacial score (nSPS) is 11.4. The molecule has 0 fully saturated rings. The number of nitrogens with zero attached hydrogens (tertiary/aromatic N) is 2. The predicted octanol–water partition coefficient (Wildman–Crippen LogP) is 3.44. The standard InChI is InChI=1S/C25H28N4O3/c1-16(2)15-29-25(31)20-7-5-4-6-19(20)23(28-29)13-24(30)26-11-10-17-14-27-22-9-8-18(32-3)12-21(17)22/h4-9,12,14,16,27H,10-11,13,15H2,1-3H3,(H,26,30). The lowest BCUT2D eigenvalue weighted by atomic mass is 10.1. The molecule has 4 aromatic rings. The first-order valence-electron chi connectivity index (χ1n) is 10.9. The van der Waals surface area contributed by atoms with Gasteiger partial charge in [-0.2, -0.15) is 5.10 Å². The zero-order valence-corrected chi connectivity index (χ0v) is 18.6. The summed E-state index contributed by atoms with van der Waals surface area (Å²) in [6.07, 6.45) is 2.79. The molecule has 2 aromatic heterocycles. The van der Waals surface area contributed by atoms with E-state index >= 15 is 0 Å². The van der Waals surface area contributed by atoms with E-state index in [4.69, 9.17) is 4.74 Å². The van der Waals surface area contributed by atoms with Crippen LogP contribution in [0.3, 0.4) is 0 Å². The molecule has 0 bridgehead atoms. The van der Waals surface area contributed by atoms with Crippen LogP contribution in [0.4, 0.5) is 0 Å². The average Bonchev–Trinajstić information content (AvgIpc) is 3.18. The van der Waals surface area contributed by atoms with Crippen molar-refractivity contribution >= 4 is 27.6 Å². The van der Waals surface area contributed by atoms with Crippen LogP contribution in [0.1, 0.15) is 25.1 Å². The molecule has 0 saturated carbocycles. The van der Waals surface area contributed by atoms with Crippen molar-refractivity contribution in [2.45, 2.75) is 33.2 Å². The smallest absolute Gasteiger partial charge is 0.274 e. The highest BCUT2D eigenvalue weighted by atomic mass is 16.5. The summed E-state index contributed by atoms with van der Waals surface area (Å²) in [6, 6.07) is 13.2. The van der Waals surface area contributed by atoms with Crippen molar-refractivity contribution < 1.29 is 9.53 Å². The van der Waals surface area contributed by atoms with Gasteiger partial charge in [-0.25, -0.2) is 4.68 Å². The van der Waals surface area contributed by atoms with Crippen molar-refractivity contribution in [2.75, 3.05) is 13.7 Å². The van der Waals surface area contributed by atoms with E-state index in [1.165, 1.54) is 4.68 Å². The number of rotatable bonds is 8. The Morgan fingerprint density at radius 1 is 1.16 bits per heavy atom. The molecule has 0 radical (unpaired) electrons. The maximum Gasteiger partial charge on any atom is 0.274 e. The number of hydrogen-bond acceptors (Lipinski definition) is 4. The highest BCUT2D eigenvalue weighted by Gasteiger charge is 2.14. The first-order valence-corrected chi connectivity index (χ1v) is 10.9. The fourth-order valence-corrected chi connectivity index (χ4v) is 3.95. The molecule has 0 spiro atoms. The molecular formula is C25H28N4O3. The lowest BCUT2D eigenvalue weighted by Gasteiger charge is -2.12. The van der Waals surface area contributed by atoms with Crippen LogP contribution in [0.15, 0.2) is 53.5 Å². The maximum absolute atomic E-state index is 12.7. The molecule has 0 atom stereocenters. The summed E-state index contributed by atoms with van der Waals surface area (Å²) in [7, 11) is 1.65. The van der Waals surface area contributed by atoms with Gasteiger partial charge in [0.05, 0.1) is 24.6 Å². The number of carbonyl (C=O) groups is 1. The van der Waals surface area contributed by atoms with Gasteiger partial charge in [0.2, 0.25) is 5.91 Å². The number of aromatic nitrogens is 3. The van der Waals surface area contributed by atoms with Crippen LogP contribution in [-0.4, -0.2) is 34.3 Å². The summed E-state index contributed by atoms with van der Waals surface area (Å²) in [5.74, 6) is 0.963. The Balaban J connectivity index is 1.47. The molecule has 2 heterocycles. The summed E-state index contributed by atoms with van der Waals surface area (Å²) in [5.41, 5.74) is 2.66. The van der Waals surface area contributed by atoms with Gasteiger partial charge in [-0.15, -0.1) is 0 Å². The monoisotopic (exact) mass is 432 g/mol. The number of ether oxygens (including phenoxy) is 1. The molecule has 0 aliphatic heterocycles. The second-order valence-corrected chi connectivity index (χ2v) is 8.38. The number of benzene rings is 2. The number of amides is 1. The lowest BCUT2D eigenvalue weighted by Crippen LogP contribution is -2.30. The molecule has 1 amide bonds. The third-order valence-corrected chi connectivity index (χ3v) is 5.50. The van der Waals surface area contributed by atoms with E-state index in [-0.39, 0.29) is 23.8 Å². The van der Waals surface area contributed by atoms with Crippen LogP contribution in [0.5, 0.6) is 5.75 Å². The van der Waals surface area contributed by atoms with Crippen LogP contribution in [-0.2, 0) is 24.2 Å². The van der Waals surface area contributed by atoms with E-state index in [2.05, 4.69) is 15.4 Å². The Hall–Kier alpha value is -3.61. The van der Waals surface area contributed by atoms with Crippen LogP contribution >= 0.6 is 0 Å². The summed E-state index contributed by atoms with van der Waals surface area (Å²) in [6.45, 7) is 5.10. The van der Waals surface area contributed by atoms with Gasteiger partial charge in [-0.1, -0.05) is 32.0 Å². The van der Waals surface area contributed by atoms with Gasteiger partial charge in [-0.3, -0.25) is 9.59 Å². The third-order valence-electron chi connectivity index (χ3n) is 5.50. The number of hydrogen-bond donors (Lipinski definition) is 2. The van der Waals surface area contributed by atoms with Crippen molar-refractivity contribution in [3.8, 4) is 5.75 Å². The molecule has 7 nitrogen and oxygen atoms in total. The van der Waals surface area contributed by atoms with Crippen molar-refractivity contribution in [3.63, 3.8) is 0 Å². The molecule has 166 valence electrons. The van der Waals surface area contributed by atoms with Gasteiger partial charge in [0.15, 0.2) is 0 Å². The van der Waals surface area contributed by atoms with Crippen molar-refractivity contribution in [2.24, 2.45) is 5.92 Å². The average molecular weight is 433 g/mol. The van der Waals surface area contributed by atoms with Crippen molar-refractivity contribution in [1.29, 1.82) is 0 Å². The Morgan fingerprint density at radius 2 is 1.94 bits per heavy atom. The van der Waals surface area contributed by atoms with Gasteiger partial charge in [-0.05, 0) is 42.2 Å². The minimum Gasteiger partial charge on any atom is -0.497 e. The second-order valence-electron chi connectivity index (χ2n) is 8.38. The van der Waals surface area contributed by atoms with Crippen LogP contribution in [0.2, 0.25) is 0 Å². The van der Waals surface area contributed by atoms with Crippen molar-refractivity contribution in [3.05, 3.63) is 70.3 Å². The lowest BCUT2D eigenvalue weighted by molar-refractivity contribution is -0.120. The molecular weight excluding hydrogens is 404 g/mol. The SMILES string of the molecule is COc1ccc2[nH]cc(CCNC(=O)Cc3nn(CC(C)C)c(=O)c4ccccc34)c2c1. The van der Waals surface area contributed by atoms with Gasteiger partial charge in [0.25, 0.3) is 5.56 Å². The van der Waals surface area contributed by atoms with E-state index in [0.29, 0.717) is 30.6 Å². The molecule has 0 saturated heterocycles. The zero-order valence-electron chi connectivity index (χ0n) is 18.6. The first-order chi connectivity index (χ1) is 15.5. The largest absolute Gasteiger partial charge is 0.497 e. The Morgan fingerprint density at radius 3 is 2.69 bits per heavy atom. The van der Waals surface area contributed by atoms with Crippen LogP contribution in [0.25, 0.3) is 21.7 Å². The minimum absolute atomic E-state index is 0.116. The molecule has 32 heavy (non-hydrogen) atoms. The summed E-state index contributed by atoms with van der Waals surface area (Å²) < 4.78 is 6.80. The van der Waals surface area contributed by atoms with Gasteiger partial charge < -0.3 is 15.0 Å². The molecule has 0 unspecified atom stereocenters. The molecule has 4 rings (SSSR count). The van der Waals surface area contributed by atoms with Gasteiger partial charge >= 0.3 is 0 Å². The summed E-state index contributed by atoms with van der Waals surface area (Å²) in [5, 5.41) is 9.93. The fourth-order valence-electron chi connectivity index (χ4n) is 3.95. The molecule has 0 aliphatic carbocycles. The predicted molar refractivity (Wildman–Crippen MR) is 126 cm³/mol. The molecule has 2 aromatic carbocycles. The molecule has 2 N–H and O–H groups in total. The Labute approximate surface area is 186 Å². The molecule has 7 heteroatoms. The number of aromatic amines is 1. The fraction of sp³-hybridized carbons (Fsp3) is 0.320. The quantitative estimate of drug-likeness (QED) is 0.446. The first kappa shape index (κ1) is 21.6. The maximum atomic E-state index is 12.7. The van der Waals surface area contributed by atoms with E-state index in [1.54, 1.807) is 13.2 Å². The Bertz CT molecular complexity index is 1320. The molecule has 0 aliphatic rings. The minimum atomic E-state index is -0.117. The van der Waals surface area contributed by atoms with Gasteiger partial charge in [0.1, 0.15) is 5.75 Å². The number of H-pyrrole nitrogens is 1. The highest BCUT2D eigenvalue weighted by Crippen LogP contribution is 2.23. The highest BCUT2D eigenvalue weighted by molar-refractivity contribution is 5.88. The number of carbonyl (C=O) groups excluding carboxylic acids is 1. The van der Waals surface area contributed by atoms with E-state index in [9.17, 15) is 9.59 Å². The van der Waals surface area contributed by atoms with Crippen LogP contribution < -0.4 is 15.6 Å². The number of methoxy groups -OCH3 is 1. The van der Waals surface area contributed by atoms with Gasteiger partial charge in [0, 0.05) is 35.6 Å². The number of nitrogens with one attached hydrogen (secondary N) is 2. The van der Waals surface area contributed by atoms with Crippen molar-refractivity contribution in [1.82, 2.24) is 20.1 Å². The zero-order chi connectivity index (χ0) is 22.7. The number of fused-ring (bicyclic) bond motifs is 2.